The van der Waals surface area contributed by atoms with Crippen LogP contribution in [-0.2, 0) is 0 Å². The molecule has 2 heterocycles. The van der Waals surface area contributed by atoms with E-state index >= 15 is 0 Å². The van der Waals surface area contributed by atoms with Gasteiger partial charge in [-0.15, -0.1) is 0 Å². The fraction of sp³-hybridized carbons (Fsp3) is 0.842. The fourth-order valence-electron chi connectivity index (χ4n) is 5.06. The van der Waals surface area contributed by atoms with Gasteiger partial charge in [-0.25, -0.2) is 4.99 Å². The molecule has 24 heavy (non-hydrogen) atoms. The monoisotopic (exact) mass is 332 g/mol. The molecule has 5 nitrogen and oxygen atoms in total. The molecule has 0 amide bonds. The maximum Gasteiger partial charge on any atom is 0.152 e. The Bertz CT molecular complexity index is 531. The molecule has 1 atom stereocenters. The molecule has 0 aromatic heterocycles. The minimum atomic E-state index is -0.369. The van der Waals surface area contributed by atoms with Gasteiger partial charge in [0.2, 0.25) is 0 Å². The highest BCUT2D eigenvalue weighted by atomic mass is 16.3. The number of amidine groups is 1. The summed E-state index contributed by atoms with van der Waals surface area (Å²) in [4.78, 5) is 10.0. The number of rotatable bonds is 5. The Morgan fingerprint density at radius 2 is 1.79 bits per heavy atom. The van der Waals surface area contributed by atoms with Crippen LogP contribution in [-0.4, -0.2) is 52.3 Å². The van der Waals surface area contributed by atoms with Crippen LogP contribution in [0.25, 0.3) is 0 Å². The molecule has 3 aliphatic carbocycles. The van der Waals surface area contributed by atoms with E-state index in [1.807, 2.05) is 0 Å². The van der Waals surface area contributed by atoms with Crippen LogP contribution in [0.5, 0.6) is 0 Å². The van der Waals surface area contributed by atoms with E-state index in [1.165, 1.54) is 18.0 Å². The molecule has 3 fully saturated rings. The molecule has 3 saturated carbocycles. The lowest BCUT2D eigenvalue weighted by atomic mass is 9.57. The Balaban J connectivity index is 1.57. The third kappa shape index (κ3) is 2.61. The lowest BCUT2D eigenvalue weighted by molar-refractivity contribution is -0.101. The Labute approximate surface area is 145 Å². The van der Waals surface area contributed by atoms with Crippen molar-refractivity contribution in [1.29, 1.82) is 0 Å². The van der Waals surface area contributed by atoms with E-state index < -0.39 is 0 Å². The predicted octanol–water partition coefficient (Wildman–Crippen LogP) is 2.64. The van der Waals surface area contributed by atoms with Crippen molar-refractivity contribution in [2.45, 2.75) is 77.0 Å². The average molecular weight is 332 g/mol. The molecular weight excluding hydrogens is 300 g/mol. The summed E-state index contributed by atoms with van der Waals surface area (Å²) in [5, 5.41) is 14.3. The van der Waals surface area contributed by atoms with Crippen molar-refractivity contribution in [2.75, 3.05) is 19.8 Å². The molecule has 2 N–H and O–H groups in total. The third-order valence-electron chi connectivity index (χ3n) is 6.60. The van der Waals surface area contributed by atoms with E-state index in [0.717, 1.165) is 64.7 Å². The summed E-state index contributed by atoms with van der Waals surface area (Å²) in [6.07, 6.45) is 11.0. The van der Waals surface area contributed by atoms with Crippen LogP contribution >= 0.6 is 0 Å². The Morgan fingerprint density at radius 1 is 1.12 bits per heavy atom. The van der Waals surface area contributed by atoms with Gasteiger partial charge in [-0.3, -0.25) is 0 Å². The highest BCUT2D eigenvalue weighted by molar-refractivity contribution is 6.00. The molecule has 0 spiro atoms. The first-order chi connectivity index (χ1) is 11.6. The zero-order valence-corrected chi connectivity index (χ0v) is 15.2. The summed E-state index contributed by atoms with van der Waals surface area (Å²) in [5.41, 5.74) is 1.10. The number of fused-ring (bicyclic) bond motifs is 4. The minimum absolute atomic E-state index is 0.199. The van der Waals surface area contributed by atoms with Crippen LogP contribution in [0.15, 0.2) is 16.9 Å². The van der Waals surface area contributed by atoms with Gasteiger partial charge in [0.15, 0.2) is 5.84 Å². The summed E-state index contributed by atoms with van der Waals surface area (Å²) in [5.74, 6) is 1.18. The van der Waals surface area contributed by atoms with Gasteiger partial charge in [-0.1, -0.05) is 13.8 Å². The number of hydrogen-bond acceptors (Lipinski definition) is 5. The Kier molecular flexibility index (Phi) is 4.02. The smallest absolute Gasteiger partial charge is 0.152 e. The van der Waals surface area contributed by atoms with Gasteiger partial charge < -0.3 is 20.2 Å². The first-order valence-corrected chi connectivity index (χ1v) is 9.85. The van der Waals surface area contributed by atoms with Crippen LogP contribution in [0, 0.1) is 5.41 Å². The largest absolute Gasteiger partial charge is 0.390 e. The quantitative estimate of drug-likeness (QED) is 0.813. The van der Waals surface area contributed by atoms with Crippen molar-refractivity contribution in [1.82, 2.24) is 15.1 Å². The van der Waals surface area contributed by atoms with Crippen LogP contribution < -0.4 is 5.32 Å². The van der Waals surface area contributed by atoms with Crippen LogP contribution in [0.2, 0.25) is 0 Å². The highest BCUT2D eigenvalue weighted by Crippen LogP contribution is 2.55. The maximum atomic E-state index is 10.5. The molecule has 134 valence electrons. The number of aliphatic imine (C=N–C) groups is 1. The number of hydrogen-bond donors (Lipinski definition) is 2. The summed E-state index contributed by atoms with van der Waals surface area (Å²) in [6.45, 7) is 7.61. The average Bonchev–Trinajstić information content (AvgIpc) is 3.02. The summed E-state index contributed by atoms with van der Waals surface area (Å²) >= 11 is 0. The first kappa shape index (κ1) is 16.2. The van der Waals surface area contributed by atoms with Crippen molar-refractivity contribution < 1.29 is 5.11 Å². The summed E-state index contributed by atoms with van der Waals surface area (Å²) in [6, 6.07) is 0. The van der Waals surface area contributed by atoms with Crippen molar-refractivity contribution >= 4 is 5.84 Å². The van der Waals surface area contributed by atoms with Crippen molar-refractivity contribution in [2.24, 2.45) is 10.4 Å². The van der Waals surface area contributed by atoms with Crippen molar-refractivity contribution in [3.63, 3.8) is 0 Å². The van der Waals surface area contributed by atoms with Gasteiger partial charge in [-0.05, 0) is 51.4 Å². The molecule has 0 radical (unpaired) electrons. The summed E-state index contributed by atoms with van der Waals surface area (Å²) in [7, 11) is 0. The first-order valence-electron chi connectivity index (χ1n) is 9.85. The second-order valence-corrected chi connectivity index (χ2v) is 8.35. The van der Waals surface area contributed by atoms with Gasteiger partial charge in [0.05, 0.1) is 18.0 Å². The second-order valence-electron chi connectivity index (χ2n) is 8.35. The van der Waals surface area contributed by atoms with Gasteiger partial charge in [-0.2, -0.15) is 0 Å². The van der Waals surface area contributed by atoms with E-state index in [4.69, 9.17) is 4.99 Å². The molecule has 5 heteroatoms. The SMILES string of the molecule is CCCN1C=C2NC(C34CCC(O)(CC3)CC4)N=C2N(CCC)C1. The number of aliphatic hydroxyl groups is 1. The zero-order valence-electron chi connectivity index (χ0n) is 15.2. The highest BCUT2D eigenvalue weighted by Gasteiger charge is 2.53. The lowest BCUT2D eigenvalue weighted by Gasteiger charge is -2.52. The van der Waals surface area contributed by atoms with Crippen LogP contribution in [0.3, 0.4) is 0 Å². The molecule has 2 bridgehead atoms. The molecule has 2 aliphatic heterocycles. The molecule has 5 aliphatic rings. The van der Waals surface area contributed by atoms with Crippen molar-refractivity contribution in [3.05, 3.63) is 11.9 Å². The topological polar surface area (TPSA) is 51.1 Å². The normalized spacial score (nSPS) is 37.9. The molecule has 1 unspecified atom stereocenters. The molecule has 5 rings (SSSR count). The summed E-state index contributed by atoms with van der Waals surface area (Å²) < 4.78 is 0. The van der Waals surface area contributed by atoms with Gasteiger partial charge >= 0.3 is 0 Å². The Morgan fingerprint density at radius 3 is 2.42 bits per heavy atom. The fourth-order valence-corrected chi connectivity index (χ4v) is 5.06. The minimum Gasteiger partial charge on any atom is -0.390 e. The second kappa shape index (κ2) is 5.94. The zero-order chi connectivity index (χ0) is 16.8. The van der Waals surface area contributed by atoms with E-state index in [0.29, 0.717) is 0 Å². The van der Waals surface area contributed by atoms with Crippen molar-refractivity contribution in [3.8, 4) is 0 Å². The van der Waals surface area contributed by atoms with Gasteiger partial charge in [0, 0.05) is 24.7 Å². The number of nitrogens with one attached hydrogen (secondary N) is 1. The van der Waals surface area contributed by atoms with E-state index in [-0.39, 0.29) is 17.2 Å². The van der Waals surface area contributed by atoms with E-state index in [2.05, 4.69) is 35.2 Å². The maximum absolute atomic E-state index is 10.5. The standard InChI is InChI=1S/C19H32N4O/c1-3-11-22-13-15-16(23(14-22)12-4-2)21-17(20-15)18-5-8-19(24,9-6-18)10-7-18/h13,17,20,24H,3-12,14H2,1-2H3. The predicted molar refractivity (Wildman–Crippen MR) is 96.4 cm³/mol. The molecule has 0 aromatic carbocycles. The van der Waals surface area contributed by atoms with E-state index in [1.54, 1.807) is 0 Å². The van der Waals surface area contributed by atoms with Crippen LogP contribution in [0.1, 0.15) is 65.2 Å². The van der Waals surface area contributed by atoms with Gasteiger partial charge in [0.1, 0.15) is 6.17 Å². The molecule has 0 saturated heterocycles. The van der Waals surface area contributed by atoms with Crippen LogP contribution in [0.4, 0.5) is 0 Å². The lowest BCUT2D eigenvalue weighted by Crippen LogP contribution is -2.53. The Hall–Kier alpha value is -1.23. The van der Waals surface area contributed by atoms with Gasteiger partial charge in [0.25, 0.3) is 0 Å². The molecular formula is C19H32N4O. The third-order valence-corrected chi connectivity index (χ3v) is 6.60. The number of nitrogens with zero attached hydrogens (tertiary/aromatic N) is 3. The van der Waals surface area contributed by atoms with E-state index in [9.17, 15) is 5.11 Å². The molecule has 0 aromatic rings.